The zero-order chi connectivity index (χ0) is 13.2. The minimum Gasteiger partial charge on any atom is -0.342 e. The Hall–Kier alpha value is -0.770. The van der Waals surface area contributed by atoms with Crippen LogP contribution in [0.3, 0.4) is 0 Å². The Bertz CT molecular complexity index is 481. The summed E-state index contributed by atoms with van der Waals surface area (Å²) in [5.41, 5.74) is 1.00. The molecule has 2 fully saturated rings. The van der Waals surface area contributed by atoms with Crippen LogP contribution in [0.15, 0.2) is 24.3 Å². The van der Waals surface area contributed by atoms with Crippen molar-refractivity contribution in [3.05, 3.63) is 34.9 Å². The van der Waals surface area contributed by atoms with Crippen LogP contribution in [0.1, 0.15) is 18.4 Å². The number of carbonyl (C=O) groups is 1. The van der Waals surface area contributed by atoms with Crippen molar-refractivity contribution in [3.63, 3.8) is 0 Å². The first-order chi connectivity index (χ1) is 9.22. The normalized spacial score (nSPS) is 24.9. The van der Waals surface area contributed by atoms with Crippen LogP contribution in [0.25, 0.3) is 0 Å². The number of amides is 1. The Morgan fingerprint density at radius 1 is 1.40 bits per heavy atom. The topological polar surface area (TPSA) is 32.3 Å². The number of nitrogens with zero attached hydrogens (tertiary/aromatic N) is 1. The molecular weight excluding hydrogens is 295 g/mol. The Morgan fingerprint density at radius 3 is 3.05 bits per heavy atom. The number of fused-ring (bicyclic) bond motifs is 1. The third-order valence-electron chi connectivity index (χ3n) is 4.25. The molecule has 0 aromatic heterocycles. The highest BCUT2D eigenvalue weighted by Gasteiger charge is 2.34. The maximum absolute atomic E-state index is 12.3. The smallest absolute Gasteiger partial charge is 0.227 e. The summed E-state index contributed by atoms with van der Waals surface area (Å²) in [5, 5.41) is 4.22. The summed E-state index contributed by atoms with van der Waals surface area (Å²) < 4.78 is 0. The van der Waals surface area contributed by atoms with E-state index in [1.807, 2.05) is 29.2 Å². The van der Waals surface area contributed by atoms with Crippen LogP contribution in [-0.2, 0) is 11.2 Å². The van der Waals surface area contributed by atoms with Gasteiger partial charge in [0.15, 0.2) is 0 Å². The molecule has 2 atom stereocenters. The minimum atomic E-state index is 0. The van der Waals surface area contributed by atoms with Gasteiger partial charge in [-0.3, -0.25) is 4.79 Å². The second kappa shape index (κ2) is 6.79. The Labute approximate surface area is 131 Å². The molecular formula is C15H20Cl2N2O. The van der Waals surface area contributed by atoms with Gasteiger partial charge in [-0.05, 0) is 43.0 Å². The van der Waals surface area contributed by atoms with Crippen molar-refractivity contribution in [2.45, 2.75) is 25.3 Å². The van der Waals surface area contributed by atoms with Gasteiger partial charge in [0.05, 0.1) is 6.42 Å². The molecule has 0 spiro atoms. The molecule has 2 heterocycles. The highest BCUT2D eigenvalue weighted by atomic mass is 35.5. The van der Waals surface area contributed by atoms with Gasteiger partial charge in [-0.25, -0.2) is 0 Å². The molecule has 0 saturated carbocycles. The first-order valence-electron chi connectivity index (χ1n) is 6.98. The van der Waals surface area contributed by atoms with Crippen molar-refractivity contribution in [1.29, 1.82) is 0 Å². The summed E-state index contributed by atoms with van der Waals surface area (Å²) in [5.74, 6) is 0.879. The molecule has 2 unspecified atom stereocenters. The Kier molecular flexibility index (Phi) is 5.30. The molecule has 3 nitrogen and oxygen atoms in total. The van der Waals surface area contributed by atoms with Crippen LogP contribution in [-0.4, -0.2) is 36.5 Å². The first-order valence-corrected chi connectivity index (χ1v) is 7.36. The van der Waals surface area contributed by atoms with Gasteiger partial charge in [-0.15, -0.1) is 12.4 Å². The third-order valence-corrected chi connectivity index (χ3v) is 4.49. The van der Waals surface area contributed by atoms with E-state index in [4.69, 9.17) is 11.6 Å². The zero-order valence-electron chi connectivity index (χ0n) is 11.3. The molecule has 2 saturated heterocycles. The molecule has 1 aromatic rings. The Balaban J connectivity index is 0.00000147. The molecule has 1 amide bonds. The number of nitrogens with one attached hydrogen (secondary N) is 1. The molecule has 110 valence electrons. The van der Waals surface area contributed by atoms with E-state index in [0.717, 1.165) is 31.6 Å². The van der Waals surface area contributed by atoms with E-state index >= 15 is 0 Å². The summed E-state index contributed by atoms with van der Waals surface area (Å²) in [4.78, 5) is 14.4. The van der Waals surface area contributed by atoms with E-state index in [1.165, 1.54) is 6.42 Å². The fraction of sp³-hybridized carbons (Fsp3) is 0.533. The molecule has 3 rings (SSSR count). The Morgan fingerprint density at radius 2 is 2.25 bits per heavy atom. The molecule has 0 aliphatic carbocycles. The van der Waals surface area contributed by atoms with Gasteiger partial charge < -0.3 is 10.2 Å². The van der Waals surface area contributed by atoms with Gasteiger partial charge in [0.25, 0.3) is 0 Å². The van der Waals surface area contributed by atoms with E-state index in [2.05, 4.69) is 5.32 Å². The number of likely N-dealkylation sites (tertiary alicyclic amines) is 1. The van der Waals surface area contributed by atoms with Gasteiger partial charge in [0.2, 0.25) is 5.91 Å². The van der Waals surface area contributed by atoms with Crippen molar-refractivity contribution < 1.29 is 4.79 Å². The number of hydrogen-bond acceptors (Lipinski definition) is 2. The standard InChI is InChI=1S/C15H19ClN2O.ClH/c16-13-3-1-2-11(8-13)9-15(19)18-7-5-14-12(10-18)4-6-17-14;/h1-3,8,12,14,17H,4-7,9-10H2;1H. The summed E-state index contributed by atoms with van der Waals surface area (Å²) >= 11 is 5.95. The van der Waals surface area contributed by atoms with Crippen LogP contribution in [0.4, 0.5) is 0 Å². The lowest BCUT2D eigenvalue weighted by atomic mass is 9.93. The number of rotatable bonds is 2. The average Bonchev–Trinajstić information content (AvgIpc) is 2.85. The van der Waals surface area contributed by atoms with Crippen LogP contribution in [0.2, 0.25) is 5.02 Å². The first kappa shape index (κ1) is 15.6. The minimum absolute atomic E-state index is 0. The molecule has 20 heavy (non-hydrogen) atoms. The van der Waals surface area contributed by atoms with Crippen molar-refractivity contribution in [3.8, 4) is 0 Å². The zero-order valence-corrected chi connectivity index (χ0v) is 12.9. The lowest BCUT2D eigenvalue weighted by molar-refractivity contribution is -0.132. The summed E-state index contributed by atoms with van der Waals surface area (Å²) in [7, 11) is 0. The van der Waals surface area contributed by atoms with Gasteiger partial charge in [-0.1, -0.05) is 23.7 Å². The van der Waals surface area contributed by atoms with Crippen molar-refractivity contribution in [1.82, 2.24) is 10.2 Å². The predicted octanol–water partition coefficient (Wildman–Crippen LogP) is 2.51. The van der Waals surface area contributed by atoms with E-state index in [1.54, 1.807) is 0 Å². The molecule has 1 aromatic carbocycles. The maximum Gasteiger partial charge on any atom is 0.227 e. The highest BCUT2D eigenvalue weighted by molar-refractivity contribution is 6.30. The highest BCUT2D eigenvalue weighted by Crippen LogP contribution is 2.25. The van der Waals surface area contributed by atoms with Gasteiger partial charge in [0.1, 0.15) is 0 Å². The number of benzene rings is 1. The summed E-state index contributed by atoms with van der Waals surface area (Å²) in [6.45, 7) is 2.90. The van der Waals surface area contributed by atoms with Gasteiger partial charge in [0, 0.05) is 24.2 Å². The second-order valence-electron chi connectivity index (χ2n) is 5.54. The third kappa shape index (κ3) is 3.46. The summed E-state index contributed by atoms with van der Waals surface area (Å²) in [6.07, 6.45) is 2.75. The number of carbonyl (C=O) groups excluding carboxylic acids is 1. The van der Waals surface area contributed by atoms with Crippen molar-refractivity contribution in [2.75, 3.05) is 19.6 Å². The molecule has 2 aliphatic heterocycles. The van der Waals surface area contributed by atoms with Gasteiger partial charge >= 0.3 is 0 Å². The molecule has 1 N–H and O–H groups in total. The molecule has 2 aliphatic rings. The van der Waals surface area contributed by atoms with E-state index in [-0.39, 0.29) is 18.3 Å². The number of hydrogen-bond donors (Lipinski definition) is 1. The van der Waals surface area contributed by atoms with E-state index in [9.17, 15) is 4.79 Å². The number of piperidine rings is 1. The lowest BCUT2D eigenvalue weighted by Gasteiger charge is -2.35. The fourth-order valence-electron chi connectivity index (χ4n) is 3.21. The van der Waals surface area contributed by atoms with Crippen molar-refractivity contribution >= 4 is 29.9 Å². The van der Waals surface area contributed by atoms with E-state index in [0.29, 0.717) is 23.4 Å². The van der Waals surface area contributed by atoms with E-state index < -0.39 is 0 Å². The van der Waals surface area contributed by atoms with Crippen LogP contribution in [0.5, 0.6) is 0 Å². The lowest BCUT2D eigenvalue weighted by Crippen LogP contribution is -2.47. The van der Waals surface area contributed by atoms with Crippen LogP contribution >= 0.6 is 24.0 Å². The quantitative estimate of drug-likeness (QED) is 0.909. The fourth-order valence-corrected chi connectivity index (χ4v) is 3.42. The summed E-state index contributed by atoms with van der Waals surface area (Å²) in [6, 6.07) is 8.22. The second-order valence-corrected chi connectivity index (χ2v) is 5.98. The van der Waals surface area contributed by atoms with Crippen molar-refractivity contribution in [2.24, 2.45) is 5.92 Å². The van der Waals surface area contributed by atoms with Crippen LogP contribution in [0, 0.1) is 5.92 Å². The molecule has 0 radical (unpaired) electrons. The van der Waals surface area contributed by atoms with Crippen LogP contribution < -0.4 is 5.32 Å². The molecule has 5 heteroatoms. The predicted molar refractivity (Wildman–Crippen MR) is 83.5 cm³/mol. The number of halogens is 2. The molecule has 0 bridgehead atoms. The average molecular weight is 315 g/mol. The maximum atomic E-state index is 12.3. The largest absolute Gasteiger partial charge is 0.342 e. The SMILES string of the molecule is Cl.O=C(Cc1cccc(Cl)c1)N1CCC2NCCC2C1. The van der Waals surface area contributed by atoms with Gasteiger partial charge in [-0.2, -0.15) is 0 Å². The monoisotopic (exact) mass is 314 g/mol.